The van der Waals surface area contributed by atoms with Gasteiger partial charge in [0.2, 0.25) is 0 Å². The molecular weight excluding hydrogens is 392 g/mol. The molecule has 0 saturated heterocycles. The molecule has 5 aromatic carbocycles. The van der Waals surface area contributed by atoms with E-state index in [2.05, 4.69) is 72.0 Å². The van der Waals surface area contributed by atoms with E-state index in [1.807, 2.05) is 47.4 Å². The van der Waals surface area contributed by atoms with Crippen LogP contribution in [0.25, 0.3) is 21.5 Å². The molecule has 3 nitrogen and oxygen atoms in total. The Labute approximate surface area is 186 Å². The molecule has 0 spiro atoms. The Morgan fingerprint density at radius 3 is 2.00 bits per heavy atom. The van der Waals surface area contributed by atoms with Gasteiger partial charge in [0.25, 0.3) is 5.91 Å². The fourth-order valence-electron chi connectivity index (χ4n) is 4.81. The number of carbonyl (C=O) groups is 1. The third-order valence-corrected chi connectivity index (χ3v) is 6.30. The van der Waals surface area contributed by atoms with Crippen molar-refractivity contribution in [2.45, 2.75) is 12.7 Å². The van der Waals surface area contributed by atoms with Gasteiger partial charge < -0.3 is 10.2 Å². The summed E-state index contributed by atoms with van der Waals surface area (Å²) in [5, 5.41) is 8.38. The van der Waals surface area contributed by atoms with Gasteiger partial charge in [-0.25, -0.2) is 0 Å². The van der Waals surface area contributed by atoms with Gasteiger partial charge in [-0.2, -0.15) is 0 Å². The Kier molecular flexibility index (Phi) is 4.39. The van der Waals surface area contributed by atoms with Crippen molar-refractivity contribution >= 4 is 33.1 Å². The van der Waals surface area contributed by atoms with Crippen molar-refractivity contribution in [1.29, 1.82) is 0 Å². The number of amides is 1. The standard InChI is InChI=1S/C29H22N2O/c32-29-25-16-8-9-17-26(25)30-28(31(29)19-20-10-2-1-3-11-20)27-23-14-6-4-12-21(23)18-22-13-5-7-15-24(22)27/h1-18,28,30H,19H2. The summed E-state index contributed by atoms with van der Waals surface area (Å²) in [5.74, 6) is 0.0465. The van der Waals surface area contributed by atoms with E-state index >= 15 is 0 Å². The lowest BCUT2D eigenvalue weighted by molar-refractivity contribution is 0.0669. The zero-order valence-electron chi connectivity index (χ0n) is 17.5. The predicted octanol–water partition coefficient (Wildman–Crippen LogP) is 6.76. The Morgan fingerprint density at radius 1 is 0.688 bits per heavy atom. The lowest BCUT2D eigenvalue weighted by Gasteiger charge is -2.39. The van der Waals surface area contributed by atoms with Crippen LogP contribution in [0.5, 0.6) is 0 Å². The maximum Gasteiger partial charge on any atom is 0.258 e. The number of fused-ring (bicyclic) bond motifs is 3. The van der Waals surface area contributed by atoms with Crippen molar-refractivity contribution in [3.8, 4) is 0 Å². The molecule has 1 aliphatic rings. The number of benzene rings is 5. The van der Waals surface area contributed by atoms with Crippen LogP contribution in [0.4, 0.5) is 5.69 Å². The monoisotopic (exact) mass is 414 g/mol. The van der Waals surface area contributed by atoms with Crippen molar-refractivity contribution in [1.82, 2.24) is 4.90 Å². The normalized spacial score (nSPS) is 15.6. The maximum atomic E-state index is 13.8. The van der Waals surface area contributed by atoms with E-state index in [4.69, 9.17) is 0 Å². The second-order valence-electron chi connectivity index (χ2n) is 8.24. The van der Waals surface area contributed by atoms with Crippen LogP contribution < -0.4 is 5.32 Å². The first-order chi connectivity index (χ1) is 15.8. The largest absolute Gasteiger partial charge is 0.361 e. The van der Waals surface area contributed by atoms with Crippen LogP contribution in [-0.4, -0.2) is 10.8 Å². The summed E-state index contributed by atoms with van der Waals surface area (Å²) in [7, 11) is 0. The van der Waals surface area contributed by atoms with Crippen LogP contribution >= 0.6 is 0 Å². The molecule has 1 aliphatic heterocycles. The minimum absolute atomic E-state index is 0.0465. The number of rotatable bonds is 3. The molecule has 154 valence electrons. The molecule has 1 heterocycles. The summed E-state index contributed by atoms with van der Waals surface area (Å²) < 4.78 is 0. The van der Waals surface area contributed by atoms with Crippen LogP contribution in [-0.2, 0) is 6.54 Å². The first kappa shape index (κ1) is 18.6. The molecular formula is C29H22N2O. The summed E-state index contributed by atoms with van der Waals surface area (Å²) >= 11 is 0. The average Bonchev–Trinajstić information content (AvgIpc) is 2.85. The predicted molar refractivity (Wildman–Crippen MR) is 131 cm³/mol. The molecule has 1 N–H and O–H groups in total. The average molecular weight is 415 g/mol. The van der Waals surface area contributed by atoms with E-state index in [9.17, 15) is 4.79 Å². The molecule has 0 radical (unpaired) electrons. The van der Waals surface area contributed by atoms with E-state index < -0.39 is 0 Å². The summed E-state index contributed by atoms with van der Waals surface area (Å²) in [6.07, 6.45) is -0.284. The molecule has 1 unspecified atom stereocenters. The number of hydrogen-bond acceptors (Lipinski definition) is 2. The first-order valence-electron chi connectivity index (χ1n) is 10.9. The Bertz CT molecular complexity index is 1400. The highest BCUT2D eigenvalue weighted by Gasteiger charge is 2.34. The van der Waals surface area contributed by atoms with E-state index in [0.717, 1.165) is 27.6 Å². The number of carbonyl (C=O) groups excluding carboxylic acids is 1. The van der Waals surface area contributed by atoms with Crippen LogP contribution in [0.1, 0.15) is 27.7 Å². The SMILES string of the molecule is O=C1c2ccccc2NC(c2c3ccccc3cc3ccccc23)N1Cc1ccccc1. The third kappa shape index (κ3) is 3.02. The lowest BCUT2D eigenvalue weighted by atomic mass is 9.92. The van der Waals surface area contributed by atoms with E-state index in [1.54, 1.807) is 0 Å². The van der Waals surface area contributed by atoms with E-state index in [-0.39, 0.29) is 12.1 Å². The van der Waals surface area contributed by atoms with Gasteiger partial charge in [0, 0.05) is 17.8 Å². The Balaban J connectivity index is 1.61. The molecule has 0 aliphatic carbocycles. The number of nitrogens with one attached hydrogen (secondary N) is 1. The van der Waals surface area contributed by atoms with Gasteiger partial charge >= 0.3 is 0 Å². The molecule has 3 heteroatoms. The van der Waals surface area contributed by atoms with Crippen molar-refractivity contribution in [2.24, 2.45) is 0 Å². The van der Waals surface area contributed by atoms with Crippen molar-refractivity contribution < 1.29 is 4.79 Å². The smallest absolute Gasteiger partial charge is 0.258 e. The summed E-state index contributed by atoms with van der Waals surface area (Å²) in [6.45, 7) is 0.531. The van der Waals surface area contributed by atoms with Crippen LogP contribution in [0, 0.1) is 0 Å². The third-order valence-electron chi connectivity index (χ3n) is 6.30. The van der Waals surface area contributed by atoms with Gasteiger partial charge in [-0.1, -0.05) is 91.0 Å². The highest BCUT2D eigenvalue weighted by molar-refractivity contribution is 6.06. The molecule has 5 aromatic rings. The van der Waals surface area contributed by atoms with Gasteiger partial charge in [-0.3, -0.25) is 4.79 Å². The quantitative estimate of drug-likeness (QED) is 0.331. The minimum Gasteiger partial charge on any atom is -0.361 e. The summed E-state index contributed by atoms with van der Waals surface area (Å²) in [4.78, 5) is 15.7. The van der Waals surface area contributed by atoms with Crippen LogP contribution in [0.2, 0.25) is 0 Å². The van der Waals surface area contributed by atoms with E-state index in [1.165, 1.54) is 10.8 Å². The number of nitrogens with zero attached hydrogens (tertiary/aromatic N) is 1. The second kappa shape index (κ2) is 7.54. The van der Waals surface area contributed by atoms with Crippen molar-refractivity contribution in [3.63, 3.8) is 0 Å². The molecule has 0 bridgehead atoms. The highest BCUT2D eigenvalue weighted by Crippen LogP contribution is 2.40. The fourth-order valence-corrected chi connectivity index (χ4v) is 4.81. The number of anilines is 1. The van der Waals surface area contributed by atoms with E-state index in [0.29, 0.717) is 12.1 Å². The number of para-hydroxylation sites is 1. The number of hydrogen-bond donors (Lipinski definition) is 1. The van der Waals surface area contributed by atoms with Crippen LogP contribution in [0.15, 0.2) is 109 Å². The van der Waals surface area contributed by atoms with Gasteiger partial charge in [-0.15, -0.1) is 0 Å². The first-order valence-corrected chi connectivity index (χ1v) is 10.9. The zero-order chi connectivity index (χ0) is 21.5. The Morgan fingerprint density at radius 2 is 1.28 bits per heavy atom. The van der Waals surface area contributed by atoms with Gasteiger partial charge in [0.15, 0.2) is 0 Å². The molecule has 6 rings (SSSR count). The molecule has 0 saturated carbocycles. The highest BCUT2D eigenvalue weighted by atomic mass is 16.2. The van der Waals surface area contributed by atoms with Crippen LogP contribution in [0.3, 0.4) is 0 Å². The molecule has 0 fully saturated rings. The zero-order valence-corrected chi connectivity index (χ0v) is 17.5. The van der Waals surface area contributed by atoms with Gasteiger partial charge in [0.1, 0.15) is 6.17 Å². The van der Waals surface area contributed by atoms with Crippen molar-refractivity contribution in [3.05, 3.63) is 126 Å². The van der Waals surface area contributed by atoms with Gasteiger partial charge in [0.05, 0.1) is 5.56 Å². The minimum atomic E-state index is -0.284. The topological polar surface area (TPSA) is 32.3 Å². The summed E-state index contributed by atoms with van der Waals surface area (Å²) in [5.41, 5.74) is 3.84. The molecule has 1 atom stereocenters. The summed E-state index contributed by atoms with van der Waals surface area (Å²) in [6, 6.07) is 37.1. The molecule has 32 heavy (non-hydrogen) atoms. The fraction of sp³-hybridized carbons (Fsp3) is 0.0690. The molecule has 0 aromatic heterocycles. The second-order valence-corrected chi connectivity index (χ2v) is 8.24. The molecule has 1 amide bonds. The van der Waals surface area contributed by atoms with Crippen molar-refractivity contribution in [2.75, 3.05) is 5.32 Å². The van der Waals surface area contributed by atoms with Gasteiger partial charge in [-0.05, 0) is 45.3 Å². The lowest BCUT2D eigenvalue weighted by Crippen LogP contribution is -2.42. The maximum absolute atomic E-state index is 13.8. The Hall–Kier alpha value is -4.11.